The average molecular weight is 851 g/mol. The minimum atomic E-state index is -0.501. The first-order valence-corrected chi connectivity index (χ1v) is 22.2. The smallest absolute Gasteiger partial charge is 0.407 e. The minimum absolute atomic E-state index is 0.0573. The van der Waals surface area contributed by atoms with Crippen molar-refractivity contribution in [3.63, 3.8) is 0 Å². The van der Waals surface area contributed by atoms with Crippen molar-refractivity contribution in [3.05, 3.63) is 101 Å². The Bertz CT molecular complexity index is 2120. The molecule has 5 amide bonds. The molecule has 3 aromatic rings. The molecule has 14 nitrogen and oxygen atoms in total. The summed E-state index contributed by atoms with van der Waals surface area (Å²) < 4.78 is 16.6. The van der Waals surface area contributed by atoms with E-state index in [1.807, 2.05) is 78.5 Å². The highest BCUT2D eigenvalue weighted by molar-refractivity contribution is 8.00. The number of alkyl carbamates (subject to hydrolysis) is 1. The van der Waals surface area contributed by atoms with Crippen LogP contribution in [0.5, 0.6) is 0 Å². The number of nitrogens with zero attached hydrogens (tertiary/aromatic N) is 2. The first-order chi connectivity index (χ1) is 29.8. The SMILES string of the molecule is C[C@]12CSC(CCCCC(=O)NCCCOCCOCCCNC(=O)OCc3ccc(C4=NOC(CN5C(=O)c6ccccc6C#Cc6ccccc65)C4)cc3)[C@H]1NC(=O)N2. The van der Waals surface area contributed by atoms with Crippen LogP contribution in [0.4, 0.5) is 15.3 Å². The summed E-state index contributed by atoms with van der Waals surface area (Å²) in [4.78, 5) is 57.5. The highest BCUT2D eigenvalue weighted by Gasteiger charge is 2.51. The lowest BCUT2D eigenvalue weighted by Gasteiger charge is -2.27. The lowest BCUT2D eigenvalue weighted by molar-refractivity contribution is -0.121. The maximum absolute atomic E-state index is 13.8. The molecular formula is C46H54N6O8S. The van der Waals surface area contributed by atoms with Crippen LogP contribution in [0.2, 0.25) is 0 Å². The average Bonchev–Trinajstić information content (AvgIpc) is 3.95. The van der Waals surface area contributed by atoms with E-state index in [0.717, 1.165) is 59.5 Å². The van der Waals surface area contributed by atoms with Gasteiger partial charge < -0.3 is 45.2 Å². The van der Waals surface area contributed by atoms with Gasteiger partial charge in [-0.05, 0) is 68.0 Å². The summed E-state index contributed by atoms with van der Waals surface area (Å²) in [5.41, 5.74) is 5.12. The second-order valence-electron chi connectivity index (χ2n) is 15.8. The van der Waals surface area contributed by atoms with Crippen LogP contribution in [0.1, 0.15) is 84.5 Å². The van der Waals surface area contributed by atoms with Crippen LogP contribution in [0.15, 0.2) is 78.0 Å². The third-order valence-electron chi connectivity index (χ3n) is 11.1. The molecule has 4 heterocycles. The molecule has 0 aromatic heterocycles. The first kappa shape index (κ1) is 43.5. The van der Waals surface area contributed by atoms with Gasteiger partial charge in [0.15, 0.2) is 6.10 Å². The molecule has 4 atom stereocenters. The van der Waals surface area contributed by atoms with E-state index in [-0.39, 0.29) is 42.1 Å². The zero-order valence-corrected chi connectivity index (χ0v) is 35.4. The van der Waals surface area contributed by atoms with Gasteiger partial charge in [0.25, 0.3) is 5.91 Å². The van der Waals surface area contributed by atoms with Gasteiger partial charge in [0.2, 0.25) is 5.91 Å². The number of oxime groups is 1. The summed E-state index contributed by atoms with van der Waals surface area (Å²) in [7, 11) is 0. The molecule has 0 spiro atoms. The van der Waals surface area contributed by atoms with Crippen molar-refractivity contribution in [2.24, 2.45) is 5.16 Å². The number of urea groups is 1. The number of thioether (sulfide) groups is 1. The zero-order chi connectivity index (χ0) is 42.4. The summed E-state index contributed by atoms with van der Waals surface area (Å²) >= 11 is 1.90. The molecule has 15 heteroatoms. The predicted octanol–water partition coefficient (Wildman–Crippen LogP) is 5.51. The standard InChI is InChI=1S/C46H54N6O8S/c1-46-31-61-40(42(46)49-44(55)50-46)14-6-7-15-41(53)47-22-8-24-57-26-27-58-25-9-23-48-45(56)59-30-32-16-18-34(19-17-32)38-28-36(60-51-38)29-52-39-13-5-3-11-35(39)21-20-33-10-2-4-12-37(33)43(52)54/h2-5,10-13,16-19,36,40,42H,6-9,14-15,22-31H2,1H3,(H,47,53)(H,48,56)(H2,49,50,55)/t36?,40?,42-,46+/m1/s1. The van der Waals surface area contributed by atoms with E-state index in [1.165, 1.54) is 0 Å². The summed E-state index contributed by atoms with van der Waals surface area (Å²) in [6.45, 7) is 5.44. The number of benzene rings is 3. The molecule has 4 aliphatic rings. The van der Waals surface area contributed by atoms with E-state index >= 15 is 0 Å². The molecule has 0 radical (unpaired) electrons. The number of fused-ring (bicyclic) bond motifs is 3. The van der Waals surface area contributed by atoms with Crippen LogP contribution < -0.4 is 26.2 Å². The summed E-state index contributed by atoms with van der Waals surface area (Å²) in [5, 5.41) is 16.5. The topological polar surface area (TPSA) is 169 Å². The molecule has 7 rings (SSSR count). The second-order valence-corrected chi connectivity index (χ2v) is 17.0. The monoisotopic (exact) mass is 850 g/mol. The van der Waals surface area contributed by atoms with Crippen molar-refractivity contribution in [1.29, 1.82) is 0 Å². The van der Waals surface area contributed by atoms with Gasteiger partial charge >= 0.3 is 12.1 Å². The Morgan fingerprint density at radius 1 is 0.902 bits per heavy atom. The molecule has 2 fully saturated rings. The van der Waals surface area contributed by atoms with Crippen LogP contribution in [0.3, 0.4) is 0 Å². The van der Waals surface area contributed by atoms with E-state index in [4.69, 9.17) is 19.0 Å². The molecule has 61 heavy (non-hydrogen) atoms. The number of hydrogen-bond donors (Lipinski definition) is 4. The van der Waals surface area contributed by atoms with Crippen molar-refractivity contribution < 1.29 is 38.2 Å². The lowest BCUT2D eigenvalue weighted by Crippen LogP contribution is -2.47. The van der Waals surface area contributed by atoms with Crippen LogP contribution in [-0.4, -0.2) is 104 Å². The Balaban J connectivity index is 0.688. The number of anilines is 1. The number of carbonyl (C=O) groups excluding carboxylic acids is 4. The molecular weight excluding hydrogens is 797 g/mol. The number of rotatable bonds is 21. The number of hydrogen-bond acceptors (Lipinski definition) is 10. The van der Waals surface area contributed by atoms with Crippen LogP contribution in [0, 0.1) is 11.8 Å². The van der Waals surface area contributed by atoms with Gasteiger partial charge in [0, 0.05) is 61.3 Å². The van der Waals surface area contributed by atoms with Crippen LogP contribution in [-0.2, 0) is 30.4 Å². The van der Waals surface area contributed by atoms with Crippen molar-refractivity contribution in [3.8, 4) is 11.8 Å². The number of nitrogens with one attached hydrogen (secondary N) is 4. The molecule has 2 unspecified atom stereocenters. The largest absolute Gasteiger partial charge is 0.445 e. The van der Waals surface area contributed by atoms with Crippen molar-refractivity contribution in [2.75, 3.05) is 56.7 Å². The van der Waals surface area contributed by atoms with Gasteiger partial charge in [0.05, 0.1) is 48.3 Å². The van der Waals surface area contributed by atoms with Crippen molar-refractivity contribution >= 4 is 47.1 Å². The number of para-hydroxylation sites is 1. The van der Waals surface area contributed by atoms with Crippen molar-refractivity contribution in [2.45, 2.75) is 81.4 Å². The van der Waals surface area contributed by atoms with E-state index in [9.17, 15) is 19.2 Å². The molecule has 322 valence electrons. The quantitative estimate of drug-likeness (QED) is 0.0614. The maximum Gasteiger partial charge on any atom is 0.407 e. The van der Waals surface area contributed by atoms with Crippen molar-refractivity contribution in [1.82, 2.24) is 21.3 Å². The van der Waals surface area contributed by atoms with Gasteiger partial charge in [-0.3, -0.25) is 9.59 Å². The fourth-order valence-corrected chi connectivity index (χ4v) is 9.50. The molecule has 3 aromatic carbocycles. The minimum Gasteiger partial charge on any atom is -0.445 e. The Morgan fingerprint density at radius 2 is 1.62 bits per heavy atom. The van der Waals surface area contributed by atoms with Gasteiger partial charge in [-0.2, -0.15) is 11.8 Å². The Hall–Kier alpha value is -5.56. The van der Waals surface area contributed by atoms with Crippen LogP contribution >= 0.6 is 11.8 Å². The molecule has 4 N–H and O–H groups in total. The highest BCUT2D eigenvalue weighted by atomic mass is 32.2. The Kier molecular flexibility index (Phi) is 15.2. The van der Waals surface area contributed by atoms with Gasteiger partial charge in [0.1, 0.15) is 6.61 Å². The van der Waals surface area contributed by atoms with E-state index < -0.39 is 6.09 Å². The molecule has 2 saturated heterocycles. The summed E-state index contributed by atoms with van der Waals surface area (Å²) in [6.07, 6.45) is 4.34. The normalized spacial score (nSPS) is 21.0. The van der Waals surface area contributed by atoms with Crippen LogP contribution in [0.25, 0.3) is 0 Å². The molecule has 0 saturated carbocycles. The Morgan fingerprint density at radius 3 is 2.43 bits per heavy atom. The Labute approximate surface area is 361 Å². The summed E-state index contributed by atoms with van der Waals surface area (Å²) in [5.74, 6) is 7.22. The highest BCUT2D eigenvalue weighted by Crippen LogP contribution is 2.39. The number of ether oxygens (including phenoxy) is 3. The van der Waals surface area contributed by atoms with E-state index in [1.54, 1.807) is 11.0 Å². The lowest BCUT2D eigenvalue weighted by atomic mass is 9.92. The molecule has 0 bridgehead atoms. The number of unbranched alkanes of at least 4 members (excludes halogenated alkanes) is 1. The first-order valence-electron chi connectivity index (χ1n) is 21.1. The fourth-order valence-electron chi connectivity index (χ4n) is 7.80. The predicted molar refractivity (Wildman–Crippen MR) is 234 cm³/mol. The van der Waals surface area contributed by atoms with Gasteiger partial charge in [-0.1, -0.05) is 71.9 Å². The zero-order valence-electron chi connectivity index (χ0n) is 34.5. The third-order valence-corrected chi connectivity index (χ3v) is 12.8. The summed E-state index contributed by atoms with van der Waals surface area (Å²) in [6, 6.07) is 22.7. The van der Waals surface area contributed by atoms with Gasteiger partial charge in [-0.25, -0.2) is 9.59 Å². The maximum atomic E-state index is 13.8. The second kappa shape index (κ2) is 21.3. The molecule has 0 aliphatic carbocycles. The van der Waals surface area contributed by atoms with Gasteiger partial charge in [-0.15, -0.1) is 0 Å². The van der Waals surface area contributed by atoms with E-state index in [2.05, 4.69) is 45.2 Å². The van der Waals surface area contributed by atoms with E-state index in [0.29, 0.717) is 81.7 Å². The number of carbonyl (C=O) groups is 4. The fraction of sp³-hybridized carbons (Fsp3) is 0.457. The number of amides is 5. The molecule has 4 aliphatic heterocycles. The third kappa shape index (κ3) is 11.8.